The first-order valence-electron chi connectivity index (χ1n) is 5.23. The molecule has 0 bridgehead atoms. The Labute approximate surface area is 98.7 Å². The van der Waals surface area contributed by atoms with Crippen LogP contribution < -0.4 is 0 Å². The molecule has 1 fully saturated rings. The molecule has 0 amide bonds. The van der Waals surface area contributed by atoms with Gasteiger partial charge in [0.15, 0.2) is 5.78 Å². The molecule has 15 heavy (non-hydrogen) atoms. The van der Waals surface area contributed by atoms with Crippen LogP contribution in [0.2, 0.25) is 0 Å². The molecule has 1 aliphatic heterocycles. The summed E-state index contributed by atoms with van der Waals surface area (Å²) in [6.07, 6.45) is 0.672. The molecule has 1 aromatic rings. The monoisotopic (exact) mass is 241 g/mol. The van der Waals surface area contributed by atoms with Crippen molar-refractivity contribution in [3.63, 3.8) is 0 Å². The van der Waals surface area contributed by atoms with Gasteiger partial charge in [0.05, 0.1) is 4.88 Å². The van der Waals surface area contributed by atoms with Crippen LogP contribution in [-0.2, 0) is 0 Å². The van der Waals surface area contributed by atoms with E-state index in [0.29, 0.717) is 12.2 Å². The normalized spacial score (nSPS) is 17.9. The standard InChI is InChI=1S/C11H15NOS2/c13-10(11-2-1-7-15-11)3-4-12-5-8-14-9-6-12/h1-2,7H,3-6,8-9H2. The van der Waals surface area contributed by atoms with Gasteiger partial charge in [-0.3, -0.25) is 4.79 Å². The zero-order valence-corrected chi connectivity index (χ0v) is 10.3. The van der Waals surface area contributed by atoms with Crippen LogP contribution in [0, 0.1) is 0 Å². The van der Waals surface area contributed by atoms with Crippen molar-refractivity contribution in [3.05, 3.63) is 22.4 Å². The minimum Gasteiger partial charge on any atom is -0.301 e. The molecule has 1 aliphatic rings. The Kier molecular flexibility index (Phi) is 4.23. The fourth-order valence-electron chi connectivity index (χ4n) is 1.64. The maximum atomic E-state index is 11.7. The highest BCUT2D eigenvalue weighted by Crippen LogP contribution is 2.13. The van der Waals surface area contributed by atoms with Gasteiger partial charge >= 0.3 is 0 Å². The molecule has 2 rings (SSSR count). The van der Waals surface area contributed by atoms with Crippen LogP contribution in [0.4, 0.5) is 0 Å². The van der Waals surface area contributed by atoms with E-state index in [1.165, 1.54) is 11.5 Å². The second-order valence-corrected chi connectivity index (χ2v) is 5.78. The highest BCUT2D eigenvalue weighted by Gasteiger charge is 2.13. The van der Waals surface area contributed by atoms with Crippen molar-refractivity contribution in [2.45, 2.75) is 6.42 Å². The van der Waals surface area contributed by atoms with E-state index < -0.39 is 0 Å². The second kappa shape index (κ2) is 5.68. The first-order valence-corrected chi connectivity index (χ1v) is 7.26. The first-order chi connectivity index (χ1) is 7.36. The molecule has 0 atom stereocenters. The van der Waals surface area contributed by atoms with Crippen molar-refractivity contribution in [1.82, 2.24) is 4.90 Å². The Hall–Kier alpha value is -0.320. The molecule has 0 radical (unpaired) electrons. The lowest BCUT2D eigenvalue weighted by Gasteiger charge is -2.25. The minimum absolute atomic E-state index is 0.295. The molecular formula is C11H15NOS2. The molecule has 0 aromatic carbocycles. The van der Waals surface area contributed by atoms with Gasteiger partial charge in [0.25, 0.3) is 0 Å². The Bertz CT molecular complexity index is 304. The molecular weight excluding hydrogens is 226 g/mol. The molecule has 2 heterocycles. The highest BCUT2D eigenvalue weighted by molar-refractivity contribution is 7.99. The molecule has 0 N–H and O–H groups in total. The fourth-order valence-corrected chi connectivity index (χ4v) is 3.32. The summed E-state index contributed by atoms with van der Waals surface area (Å²) in [4.78, 5) is 15.0. The smallest absolute Gasteiger partial charge is 0.174 e. The lowest BCUT2D eigenvalue weighted by atomic mass is 10.2. The summed E-state index contributed by atoms with van der Waals surface area (Å²) < 4.78 is 0. The molecule has 0 spiro atoms. The Morgan fingerprint density at radius 2 is 2.20 bits per heavy atom. The number of nitrogens with zero attached hydrogens (tertiary/aromatic N) is 1. The number of ketones is 1. The lowest BCUT2D eigenvalue weighted by Crippen LogP contribution is -2.34. The van der Waals surface area contributed by atoms with Gasteiger partial charge < -0.3 is 4.90 Å². The zero-order valence-electron chi connectivity index (χ0n) is 8.65. The van der Waals surface area contributed by atoms with E-state index in [0.717, 1.165) is 24.5 Å². The first kappa shape index (κ1) is 11.2. The van der Waals surface area contributed by atoms with Crippen molar-refractivity contribution in [2.24, 2.45) is 0 Å². The number of thioether (sulfide) groups is 1. The van der Waals surface area contributed by atoms with E-state index in [1.807, 2.05) is 29.3 Å². The summed E-state index contributed by atoms with van der Waals surface area (Å²) in [5, 5.41) is 1.96. The van der Waals surface area contributed by atoms with Gasteiger partial charge in [0.2, 0.25) is 0 Å². The number of Topliss-reactive ketones (excluding diaryl/α,β-unsaturated/α-hetero) is 1. The van der Waals surface area contributed by atoms with Crippen LogP contribution in [0.3, 0.4) is 0 Å². The quantitative estimate of drug-likeness (QED) is 0.755. The summed E-state index contributed by atoms with van der Waals surface area (Å²) in [7, 11) is 0. The Morgan fingerprint density at radius 3 is 2.87 bits per heavy atom. The van der Waals surface area contributed by atoms with Gasteiger partial charge in [-0.25, -0.2) is 0 Å². The largest absolute Gasteiger partial charge is 0.301 e. The summed E-state index contributed by atoms with van der Waals surface area (Å²) in [6, 6.07) is 3.86. The number of carbonyl (C=O) groups excluding carboxylic acids is 1. The van der Waals surface area contributed by atoms with E-state index in [2.05, 4.69) is 4.90 Å². The number of hydrogen-bond donors (Lipinski definition) is 0. The predicted molar refractivity (Wildman–Crippen MR) is 67.0 cm³/mol. The molecule has 4 heteroatoms. The summed E-state index contributed by atoms with van der Waals surface area (Å²) in [6.45, 7) is 3.21. The SMILES string of the molecule is O=C(CCN1CCSCC1)c1cccs1. The van der Waals surface area contributed by atoms with Gasteiger partial charge in [-0.2, -0.15) is 11.8 Å². The third-order valence-electron chi connectivity index (χ3n) is 2.55. The maximum Gasteiger partial charge on any atom is 0.174 e. The van der Waals surface area contributed by atoms with Crippen molar-refractivity contribution in [1.29, 1.82) is 0 Å². The van der Waals surface area contributed by atoms with Gasteiger partial charge in [0, 0.05) is 37.6 Å². The fraction of sp³-hybridized carbons (Fsp3) is 0.545. The van der Waals surface area contributed by atoms with Crippen LogP contribution in [0.1, 0.15) is 16.1 Å². The third-order valence-corrected chi connectivity index (χ3v) is 4.41. The van der Waals surface area contributed by atoms with Crippen molar-refractivity contribution >= 4 is 28.9 Å². The molecule has 0 saturated carbocycles. The number of carbonyl (C=O) groups is 1. The second-order valence-electron chi connectivity index (χ2n) is 3.60. The third kappa shape index (κ3) is 3.33. The van der Waals surface area contributed by atoms with E-state index in [9.17, 15) is 4.79 Å². The van der Waals surface area contributed by atoms with Crippen LogP contribution in [0.25, 0.3) is 0 Å². The van der Waals surface area contributed by atoms with Gasteiger partial charge in [-0.05, 0) is 11.4 Å². The maximum absolute atomic E-state index is 11.7. The van der Waals surface area contributed by atoms with E-state index >= 15 is 0 Å². The lowest BCUT2D eigenvalue weighted by molar-refractivity contribution is 0.0970. The van der Waals surface area contributed by atoms with Crippen molar-refractivity contribution in [3.8, 4) is 0 Å². The number of hydrogen-bond acceptors (Lipinski definition) is 4. The topological polar surface area (TPSA) is 20.3 Å². The Balaban J connectivity index is 1.75. The van der Waals surface area contributed by atoms with Gasteiger partial charge in [-0.1, -0.05) is 6.07 Å². The van der Waals surface area contributed by atoms with Crippen molar-refractivity contribution in [2.75, 3.05) is 31.1 Å². The van der Waals surface area contributed by atoms with Crippen LogP contribution >= 0.6 is 23.1 Å². The molecule has 1 saturated heterocycles. The summed E-state index contributed by atoms with van der Waals surface area (Å²) in [5.74, 6) is 2.73. The van der Waals surface area contributed by atoms with Crippen molar-refractivity contribution < 1.29 is 4.79 Å². The summed E-state index contributed by atoms with van der Waals surface area (Å²) in [5.41, 5.74) is 0. The number of rotatable bonds is 4. The Morgan fingerprint density at radius 1 is 1.40 bits per heavy atom. The zero-order chi connectivity index (χ0) is 10.5. The molecule has 82 valence electrons. The van der Waals surface area contributed by atoms with E-state index in [1.54, 1.807) is 11.3 Å². The predicted octanol–water partition coefficient (Wildman–Crippen LogP) is 2.37. The van der Waals surface area contributed by atoms with Gasteiger partial charge in [-0.15, -0.1) is 11.3 Å². The minimum atomic E-state index is 0.295. The molecule has 1 aromatic heterocycles. The summed E-state index contributed by atoms with van der Waals surface area (Å²) >= 11 is 3.55. The average molecular weight is 241 g/mol. The molecule has 2 nitrogen and oxygen atoms in total. The van der Waals surface area contributed by atoms with Gasteiger partial charge in [0.1, 0.15) is 0 Å². The molecule has 0 aliphatic carbocycles. The van der Waals surface area contributed by atoms with E-state index in [4.69, 9.17) is 0 Å². The highest BCUT2D eigenvalue weighted by atomic mass is 32.2. The average Bonchev–Trinajstić information content (AvgIpc) is 2.81. The van der Waals surface area contributed by atoms with Crippen LogP contribution in [0.5, 0.6) is 0 Å². The number of thiophene rings is 1. The van der Waals surface area contributed by atoms with Crippen LogP contribution in [-0.4, -0.2) is 41.8 Å². The van der Waals surface area contributed by atoms with Crippen LogP contribution in [0.15, 0.2) is 17.5 Å². The molecule has 0 unspecified atom stereocenters. The van der Waals surface area contributed by atoms with E-state index in [-0.39, 0.29) is 0 Å².